The number of benzene rings is 2. The van der Waals surface area contributed by atoms with Crippen molar-refractivity contribution in [2.24, 2.45) is 28.1 Å². The van der Waals surface area contributed by atoms with E-state index < -0.39 is 41.9 Å². The van der Waals surface area contributed by atoms with E-state index in [4.69, 9.17) is 17.2 Å². The van der Waals surface area contributed by atoms with E-state index in [-0.39, 0.29) is 17.8 Å². The maximum atomic E-state index is 13.9. The second-order valence-corrected chi connectivity index (χ2v) is 14.1. The molecule has 4 amide bonds. The molecule has 1 heterocycles. The van der Waals surface area contributed by atoms with Crippen LogP contribution in [-0.2, 0) is 32.0 Å². The van der Waals surface area contributed by atoms with Crippen molar-refractivity contribution >= 4 is 41.4 Å². The van der Waals surface area contributed by atoms with E-state index >= 15 is 0 Å². The van der Waals surface area contributed by atoms with Crippen molar-refractivity contribution in [3.63, 3.8) is 0 Å². The van der Waals surface area contributed by atoms with Gasteiger partial charge in [-0.25, -0.2) is 0 Å². The van der Waals surface area contributed by atoms with Crippen molar-refractivity contribution in [3.8, 4) is 0 Å². The fraction of sp³-hybridized carbons (Fsp3) is 0.528. The van der Waals surface area contributed by atoms with Crippen LogP contribution in [0.1, 0.15) is 57.1 Å². The van der Waals surface area contributed by atoms with Crippen LogP contribution in [0, 0.1) is 5.92 Å². The first-order chi connectivity index (χ1) is 23.5. The van der Waals surface area contributed by atoms with Gasteiger partial charge in [-0.2, -0.15) is 11.8 Å². The normalized spacial score (nSPS) is 15.6. The van der Waals surface area contributed by atoms with Crippen molar-refractivity contribution in [2.75, 3.05) is 31.1 Å². The number of nitrogens with one attached hydrogen (secondary N) is 3. The summed E-state index contributed by atoms with van der Waals surface area (Å²) in [5.74, 6) is 0.263. The van der Waals surface area contributed by atoms with Crippen LogP contribution in [0.2, 0.25) is 0 Å². The SMILES string of the molecule is CC(C)C[C@@H](NC(=O)[C@@H](CCc1ccccc1)NC(=O)[C@H](N)Cc1ccccc1)C(=O)N[C@H](CCCN=C(N)N)C(=O)N1CCCSCC1. The lowest BCUT2D eigenvalue weighted by atomic mass is 9.99. The molecule has 13 heteroatoms. The minimum absolute atomic E-state index is 0.0360. The summed E-state index contributed by atoms with van der Waals surface area (Å²) in [5, 5.41) is 8.70. The number of hydrogen-bond donors (Lipinski definition) is 6. The van der Waals surface area contributed by atoms with Crippen molar-refractivity contribution in [1.82, 2.24) is 20.9 Å². The van der Waals surface area contributed by atoms with Crippen LogP contribution in [0.25, 0.3) is 0 Å². The number of guanidine groups is 1. The smallest absolute Gasteiger partial charge is 0.245 e. The molecule has 9 N–H and O–H groups in total. The Kier molecular flexibility index (Phi) is 16.9. The van der Waals surface area contributed by atoms with Gasteiger partial charge in [0.05, 0.1) is 6.04 Å². The van der Waals surface area contributed by atoms with E-state index in [1.165, 1.54) is 0 Å². The van der Waals surface area contributed by atoms with Gasteiger partial charge in [0.15, 0.2) is 5.96 Å². The zero-order valence-corrected chi connectivity index (χ0v) is 29.6. The fourth-order valence-corrected chi connectivity index (χ4v) is 6.55. The molecule has 1 fully saturated rings. The summed E-state index contributed by atoms with van der Waals surface area (Å²) in [5.41, 5.74) is 19.2. The number of carbonyl (C=O) groups is 4. The Morgan fingerprint density at radius 3 is 2.06 bits per heavy atom. The third kappa shape index (κ3) is 14.5. The molecule has 1 aliphatic heterocycles. The van der Waals surface area contributed by atoms with Gasteiger partial charge in [-0.05, 0) is 67.7 Å². The van der Waals surface area contributed by atoms with Gasteiger partial charge in [0.1, 0.15) is 18.1 Å². The van der Waals surface area contributed by atoms with Crippen LogP contribution >= 0.6 is 11.8 Å². The van der Waals surface area contributed by atoms with Gasteiger partial charge >= 0.3 is 0 Å². The Morgan fingerprint density at radius 2 is 1.41 bits per heavy atom. The maximum absolute atomic E-state index is 13.9. The van der Waals surface area contributed by atoms with E-state index in [9.17, 15) is 19.2 Å². The van der Waals surface area contributed by atoms with E-state index in [1.807, 2.05) is 74.5 Å². The van der Waals surface area contributed by atoms with Gasteiger partial charge in [-0.15, -0.1) is 0 Å². The molecule has 0 saturated carbocycles. The Labute approximate surface area is 294 Å². The van der Waals surface area contributed by atoms with E-state index in [2.05, 4.69) is 20.9 Å². The van der Waals surface area contributed by atoms with Crippen molar-refractivity contribution in [2.45, 2.75) is 83.0 Å². The molecule has 12 nitrogen and oxygen atoms in total. The minimum atomic E-state index is -0.941. The molecule has 49 heavy (non-hydrogen) atoms. The van der Waals surface area contributed by atoms with Crippen LogP contribution in [0.15, 0.2) is 65.7 Å². The van der Waals surface area contributed by atoms with Crippen LogP contribution in [0.4, 0.5) is 0 Å². The standard InChI is InChI=1S/C36H54N8O4S/c1-25(2)23-31(34(47)42-30(15-9-18-40-36(38)39)35(48)44-19-10-21-49-22-20-44)43-33(46)29(17-16-26-11-5-3-6-12-26)41-32(45)28(37)24-27-13-7-4-8-14-27/h3-8,11-14,25,28-31H,9-10,15-24,37H2,1-2H3,(H,41,45)(H,42,47)(H,43,46)(H4,38,39,40)/t28-,29-,30-,31-/m1/s1. The highest BCUT2D eigenvalue weighted by Gasteiger charge is 2.32. The Morgan fingerprint density at radius 1 is 0.796 bits per heavy atom. The number of amides is 4. The molecule has 4 atom stereocenters. The summed E-state index contributed by atoms with van der Waals surface area (Å²) < 4.78 is 0. The summed E-state index contributed by atoms with van der Waals surface area (Å²) in [7, 11) is 0. The monoisotopic (exact) mass is 694 g/mol. The van der Waals surface area contributed by atoms with Gasteiger partial charge in [-0.3, -0.25) is 24.2 Å². The van der Waals surface area contributed by atoms with E-state index in [0.29, 0.717) is 58.2 Å². The van der Waals surface area contributed by atoms with Gasteiger partial charge < -0.3 is 38.1 Å². The summed E-state index contributed by atoms with van der Waals surface area (Å²) in [6.45, 7) is 5.45. The van der Waals surface area contributed by atoms with Gasteiger partial charge in [0, 0.05) is 25.4 Å². The van der Waals surface area contributed by atoms with Gasteiger partial charge in [-0.1, -0.05) is 74.5 Å². The minimum Gasteiger partial charge on any atom is -0.370 e. The number of aliphatic imine (C=N–C) groups is 1. The lowest BCUT2D eigenvalue weighted by molar-refractivity contribution is -0.138. The first-order valence-corrected chi connectivity index (χ1v) is 18.4. The third-order valence-corrected chi connectivity index (χ3v) is 9.32. The number of hydrogen-bond acceptors (Lipinski definition) is 7. The highest BCUT2D eigenvalue weighted by molar-refractivity contribution is 7.99. The second kappa shape index (κ2) is 21.1. The number of nitrogens with zero attached hydrogens (tertiary/aromatic N) is 2. The molecule has 268 valence electrons. The lowest BCUT2D eigenvalue weighted by Gasteiger charge is -2.29. The lowest BCUT2D eigenvalue weighted by Crippen LogP contribution is -2.58. The molecule has 1 saturated heterocycles. The van der Waals surface area contributed by atoms with Crippen LogP contribution in [0.3, 0.4) is 0 Å². The molecule has 0 radical (unpaired) electrons. The van der Waals surface area contributed by atoms with Crippen LogP contribution in [-0.4, -0.2) is 89.8 Å². The first kappa shape index (κ1) is 39.3. The van der Waals surface area contributed by atoms with Crippen molar-refractivity contribution < 1.29 is 19.2 Å². The fourth-order valence-electron chi connectivity index (χ4n) is 5.66. The average Bonchev–Trinajstić information content (AvgIpc) is 3.37. The largest absolute Gasteiger partial charge is 0.370 e. The first-order valence-electron chi connectivity index (χ1n) is 17.2. The van der Waals surface area contributed by atoms with Crippen molar-refractivity contribution in [1.29, 1.82) is 0 Å². The second-order valence-electron chi connectivity index (χ2n) is 12.9. The molecule has 0 bridgehead atoms. The number of aryl methyl sites for hydroxylation is 1. The van der Waals surface area contributed by atoms with E-state index in [0.717, 1.165) is 29.1 Å². The number of nitrogens with two attached hydrogens (primary N) is 3. The van der Waals surface area contributed by atoms with Crippen LogP contribution < -0.4 is 33.2 Å². The molecular weight excluding hydrogens is 641 g/mol. The third-order valence-electron chi connectivity index (χ3n) is 8.27. The van der Waals surface area contributed by atoms with Crippen LogP contribution in [0.5, 0.6) is 0 Å². The number of carbonyl (C=O) groups excluding carboxylic acids is 4. The summed E-state index contributed by atoms with van der Waals surface area (Å²) >= 11 is 1.80. The average molecular weight is 695 g/mol. The highest BCUT2D eigenvalue weighted by atomic mass is 32.2. The summed E-state index contributed by atoms with van der Waals surface area (Å²) in [6.07, 6.45) is 3.16. The van der Waals surface area contributed by atoms with Gasteiger partial charge in [0.25, 0.3) is 0 Å². The highest BCUT2D eigenvalue weighted by Crippen LogP contribution is 2.14. The molecule has 0 aliphatic carbocycles. The van der Waals surface area contributed by atoms with Gasteiger partial charge in [0.2, 0.25) is 23.6 Å². The maximum Gasteiger partial charge on any atom is 0.245 e. The Balaban J connectivity index is 1.77. The molecule has 0 unspecified atom stereocenters. The molecule has 1 aliphatic rings. The molecular formula is C36H54N8O4S. The molecule has 0 spiro atoms. The Bertz CT molecular complexity index is 1350. The molecule has 2 aromatic rings. The summed E-state index contributed by atoms with van der Waals surface area (Å²) in [6, 6.07) is 15.6. The summed E-state index contributed by atoms with van der Waals surface area (Å²) in [4.78, 5) is 60.6. The number of rotatable bonds is 18. The molecule has 2 aromatic carbocycles. The van der Waals surface area contributed by atoms with E-state index in [1.54, 1.807) is 16.7 Å². The zero-order valence-electron chi connectivity index (χ0n) is 28.8. The predicted molar refractivity (Wildman–Crippen MR) is 197 cm³/mol. The zero-order chi connectivity index (χ0) is 35.6. The predicted octanol–water partition coefficient (Wildman–Crippen LogP) is 1.71. The quantitative estimate of drug-likeness (QED) is 0.0770. The topological polar surface area (TPSA) is 198 Å². The Hall–Kier alpha value is -4.10. The van der Waals surface area contributed by atoms with Crippen molar-refractivity contribution in [3.05, 3.63) is 71.8 Å². The number of thioether (sulfide) groups is 1. The molecule has 3 rings (SSSR count). The molecule has 0 aromatic heterocycles.